The van der Waals surface area contributed by atoms with Gasteiger partial charge < -0.3 is 15.0 Å². The Bertz CT molecular complexity index is 812. The van der Waals surface area contributed by atoms with Crippen LogP contribution in [0.5, 0.6) is 5.75 Å². The Morgan fingerprint density at radius 1 is 1.11 bits per heavy atom. The molecule has 0 aliphatic heterocycles. The smallest absolute Gasteiger partial charge is 0.244 e. The van der Waals surface area contributed by atoms with Gasteiger partial charge in [-0.05, 0) is 36.2 Å². The fraction of sp³-hybridized carbons (Fsp3) is 0.300. The van der Waals surface area contributed by atoms with E-state index in [1.807, 2.05) is 13.0 Å². The van der Waals surface area contributed by atoms with E-state index in [-0.39, 0.29) is 24.8 Å². The van der Waals surface area contributed by atoms with E-state index in [9.17, 15) is 9.59 Å². The van der Waals surface area contributed by atoms with Gasteiger partial charge in [-0.2, -0.15) is 0 Å². The van der Waals surface area contributed by atoms with E-state index in [1.54, 1.807) is 36.4 Å². The van der Waals surface area contributed by atoms with Gasteiger partial charge in [-0.15, -0.1) is 0 Å². The fourth-order valence-corrected chi connectivity index (χ4v) is 2.93. The molecule has 0 atom stereocenters. The predicted molar refractivity (Wildman–Crippen MR) is 109 cm³/mol. The van der Waals surface area contributed by atoms with Gasteiger partial charge in [0.15, 0.2) is 0 Å². The molecule has 2 amide bonds. The van der Waals surface area contributed by atoms with E-state index in [0.29, 0.717) is 28.0 Å². The molecule has 0 radical (unpaired) electrons. The number of nitrogens with zero attached hydrogens (tertiary/aromatic N) is 1. The van der Waals surface area contributed by atoms with Gasteiger partial charge in [0.2, 0.25) is 11.8 Å². The van der Waals surface area contributed by atoms with Crippen LogP contribution in [0.25, 0.3) is 0 Å². The standard InChI is InChI=1S/C20H22Cl2N2O3/c1-3-10-24(20(26)12-14-8-9-15(21)16(22)11-14)13-19(25)23-17-6-4-5-7-18(17)27-2/h4-9,11H,3,10,12-13H2,1-2H3,(H,23,25). The molecule has 0 spiro atoms. The van der Waals surface area contributed by atoms with Gasteiger partial charge in [0.25, 0.3) is 0 Å². The van der Waals surface area contributed by atoms with Crippen molar-refractivity contribution in [3.8, 4) is 5.75 Å². The van der Waals surface area contributed by atoms with Crippen LogP contribution in [0, 0.1) is 0 Å². The van der Waals surface area contributed by atoms with Gasteiger partial charge in [0.1, 0.15) is 5.75 Å². The van der Waals surface area contributed by atoms with Crippen molar-refractivity contribution in [2.24, 2.45) is 0 Å². The highest BCUT2D eigenvalue weighted by molar-refractivity contribution is 6.42. The second kappa shape index (κ2) is 10.2. The summed E-state index contributed by atoms with van der Waals surface area (Å²) in [6, 6.07) is 12.2. The molecule has 0 aromatic heterocycles. The van der Waals surface area contributed by atoms with Gasteiger partial charge in [0.05, 0.1) is 35.8 Å². The summed E-state index contributed by atoms with van der Waals surface area (Å²) in [6.07, 6.45) is 0.897. The van der Waals surface area contributed by atoms with Crippen molar-refractivity contribution < 1.29 is 14.3 Å². The summed E-state index contributed by atoms with van der Waals surface area (Å²) in [5, 5.41) is 3.63. The first-order chi connectivity index (χ1) is 12.9. The molecule has 0 aliphatic carbocycles. The van der Waals surface area contributed by atoms with Crippen LogP contribution in [-0.2, 0) is 16.0 Å². The first kappa shape index (κ1) is 21.1. The predicted octanol–water partition coefficient (Wildman–Crippen LogP) is 4.42. The monoisotopic (exact) mass is 408 g/mol. The molecule has 2 aromatic rings. The minimum absolute atomic E-state index is 0.0357. The number of ether oxygens (including phenoxy) is 1. The highest BCUT2D eigenvalue weighted by Crippen LogP contribution is 2.24. The van der Waals surface area contributed by atoms with Gasteiger partial charge in [-0.25, -0.2) is 0 Å². The third kappa shape index (κ3) is 6.15. The molecule has 7 heteroatoms. The van der Waals surface area contributed by atoms with Crippen LogP contribution in [0.1, 0.15) is 18.9 Å². The van der Waals surface area contributed by atoms with Crippen molar-refractivity contribution >= 4 is 40.7 Å². The molecule has 5 nitrogen and oxygen atoms in total. The zero-order valence-corrected chi connectivity index (χ0v) is 16.8. The van der Waals surface area contributed by atoms with Crippen molar-refractivity contribution in [3.05, 3.63) is 58.1 Å². The van der Waals surface area contributed by atoms with E-state index in [2.05, 4.69) is 5.32 Å². The molecular weight excluding hydrogens is 387 g/mol. The number of methoxy groups -OCH3 is 1. The summed E-state index contributed by atoms with van der Waals surface area (Å²) in [7, 11) is 1.54. The van der Waals surface area contributed by atoms with Crippen LogP contribution in [0.15, 0.2) is 42.5 Å². The average Bonchev–Trinajstić information content (AvgIpc) is 2.64. The lowest BCUT2D eigenvalue weighted by atomic mass is 10.1. The molecule has 0 fully saturated rings. The van der Waals surface area contributed by atoms with E-state index < -0.39 is 0 Å². The third-order valence-electron chi connectivity index (χ3n) is 3.90. The molecule has 0 heterocycles. The Morgan fingerprint density at radius 3 is 2.52 bits per heavy atom. The van der Waals surface area contributed by atoms with Gasteiger partial charge in [-0.1, -0.05) is 48.3 Å². The average molecular weight is 409 g/mol. The maximum absolute atomic E-state index is 12.7. The number of para-hydroxylation sites is 2. The zero-order chi connectivity index (χ0) is 19.8. The van der Waals surface area contributed by atoms with E-state index >= 15 is 0 Å². The number of amides is 2. The summed E-state index contributed by atoms with van der Waals surface area (Å²) >= 11 is 11.9. The molecule has 0 unspecified atom stereocenters. The SMILES string of the molecule is CCCN(CC(=O)Nc1ccccc1OC)C(=O)Cc1ccc(Cl)c(Cl)c1. The number of carbonyl (C=O) groups is 2. The van der Waals surface area contributed by atoms with Crippen molar-refractivity contribution in [3.63, 3.8) is 0 Å². The van der Waals surface area contributed by atoms with E-state index in [1.165, 1.54) is 12.0 Å². The fourth-order valence-electron chi connectivity index (χ4n) is 2.61. The van der Waals surface area contributed by atoms with E-state index in [0.717, 1.165) is 12.0 Å². The zero-order valence-electron chi connectivity index (χ0n) is 15.3. The molecule has 0 aliphatic rings. The lowest BCUT2D eigenvalue weighted by Crippen LogP contribution is -2.39. The number of rotatable bonds is 8. The van der Waals surface area contributed by atoms with Crippen molar-refractivity contribution in [2.75, 3.05) is 25.5 Å². The second-order valence-corrected chi connectivity index (χ2v) is 6.80. The minimum atomic E-state index is -0.282. The molecule has 27 heavy (non-hydrogen) atoms. The van der Waals surface area contributed by atoms with Crippen molar-refractivity contribution in [1.29, 1.82) is 0 Å². The first-order valence-electron chi connectivity index (χ1n) is 8.59. The lowest BCUT2D eigenvalue weighted by molar-refractivity contribution is -0.134. The summed E-state index contributed by atoms with van der Waals surface area (Å²) in [5.41, 5.74) is 1.32. The highest BCUT2D eigenvalue weighted by Gasteiger charge is 2.18. The summed E-state index contributed by atoms with van der Waals surface area (Å²) in [6.45, 7) is 2.41. The van der Waals surface area contributed by atoms with Crippen LogP contribution in [0.4, 0.5) is 5.69 Å². The number of benzene rings is 2. The van der Waals surface area contributed by atoms with Crippen molar-refractivity contribution in [1.82, 2.24) is 4.90 Å². The van der Waals surface area contributed by atoms with Gasteiger partial charge in [0, 0.05) is 6.54 Å². The van der Waals surface area contributed by atoms with Gasteiger partial charge in [-0.3, -0.25) is 9.59 Å². The maximum atomic E-state index is 12.7. The largest absolute Gasteiger partial charge is 0.495 e. The van der Waals surface area contributed by atoms with Crippen molar-refractivity contribution in [2.45, 2.75) is 19.8 Å². The molecule has 0 saturated carbocycles. The molecule has 2 rings (SSSR count). The summed E-state index contributed by atoms with van der Waals surface area (Å²) in [4.78, 5) is 26.6. The quantitative estimate of drug-likeness (QED) is 0.702. The number of hydrogen-bond donors (Lipinski definition) is 1. The Kier molecular flexibility index (Phi) is 7.95. The van der Waals surface area contributed by atoms with Crippen LogP contribution < -0.4 is 10.1 Å². The third-order valence-corrected chi connectivity index (χ3v) is 4.64. The van der Waals surface area contributed by atoms with Gasteiger partial charge >= 0.3 is 0 Å². The van der Waals surface area contributed by atoms with Crippen LogP contribution in [0.2, 0.25) is 10.0 Å². The number of carbonyl (C=O) groups excluding carboxylic acids is 2. The molecule has 2 aromatic carbocycles. The number of anilines is 1. The number of halogens is 2. The highest BCUT2D eigenvalue weighted by atomic mass is 35.5. The number of nitrogens with one attached hydrogen (secondary N) is 1. The first-order valence-corrected chi connectivity index (χ1v) is 9.34. The Morgan fingerprint density at radius 2 is 1.85 bits per heavy atom. The van der Waals surface area contributed by atoms with Crippen LogP contribution >= 0.6 is 23.2 Å². The van der Waals surface area contributed by atoms with Crippen LogP contribution in [-0.4, -0.2) is 36.9 Å². The summed E-state index contributed by atoms with van der Waals surface area (Å²) < 4.78 is 5.23. The molecule has 0 saturated heterocycles. The minimum Gasteiger partial charge on any atom is -0.495 e. The lowest BCUT2D eigenvalue weighted by Gasteiger charge is -2.22. The normalized spacial score (nSPS) is 10.4. The molecule has 0 bridgehead atoms. The topological polar surface area (TPSA) is 58.6 Å². The molecule has 1 N–H and O–H groups in total. The Hall–Kier alpha value is -2.24. The molecule has 144 valence electrons. The second-order valence-electron chi connectivity index (χ2n) is 5.99. The maximum Gasteiger partial charge on any atom is 0.244 e. The summed E-state index contributed by atoms with van der Waals surface area (Å²) in [5.74, 6) is 0.135. The molecular formula is C20H22Cl2N2O3. The Labute approximate surface area is 169 Å². The number of hydrogen-bond acceptors (Lipinski definition) is 3. The Balaban J connectivity index is 2.03. The van der Waals surface area contributed by atoms with Crippen LogP contribution in [0.3, 0.4) is 0 Å². The van der Waals surface area contributed by atoms with E-state index in [4.69, 9.17) is 27.9 Å².